The van der Waals surface area contributed by atoms with Gasteiger partial charge in [-0.2, -0.15) is 0 Å². The first-order valence-electron chi connectivity index (χ1n) is 9.35. The quantitative estimate of drug-likeness (QED) is 0.737. The molecule has 0 radical (unpaired) electrons. The Bertz CT molecular complexity index is 797. The maximum atomic E-state index is 12.4. The molecule has 142 valence electrons. The van der Waals surface area contributed by atoms with Gasteiger partial charge in [-0.15, -0.1) is 0 Å². The first-order valence-corrected chi connectivity index (χ1v) is 9.35. The summed E-state index contributed by atoms with van der Waals surface area (Å²) < 4.78 is 5.62. The number of benzene rings is 2. The average Bonchev–Trinajstić information content (AvgIpc) is 2.70. The highest BCUT2D eigenvalue weighted by Crippen LogP contribution is 2.25. The van der Waals surface area contributed by atoms with Gasteiger partial charge in [0.15, 0.2) is 0 Å². The van der Waals surface area contributed by atoms with E-state index < -0.39 is 0 Å². The van der Waals surface area contributed by atoms with Crippen molar-refractivity contribution < 1.29 is 14.3 Å². The molecule has 1 aliphatic heterocycles. The molecule has 1 saturated heterocycles. The number of aldehydes is 1. The zero-order valence-corrected chi connectivity index (χ0v) is 16.0. The molecule has 3 rings (SSSR count). The zero-order valence-electron chi connectivity index (χ0n) is 16.0. The van der Waals surface area contributed by atoms with Crippen LogP contribution in [0.5, 0.6) is 5.75 Å². The van der Waals surface area contributed by atoms with Crippen LogP contribution >= 0.6 is 0 Å². The Morgan fingerprint density at radius 1 is 1.04 bits per heavy atom. The monoisotopic (exact) mass is 366 g/mol. The lowest BCUT2D eigenvalue weighted by Gasteiger charge is -2.37. The Kier molecular flexibility index (Phi) is 6.12. The SMILES string of the molecule is Cc1cc(N2CCN(C(=O)CCOc3ccccc3)CC2)c(C)cc1C=O. The Labute approximate surface area is 160 Å². The summed E-state index contributed by atoms with van der Waals surface area (Å²) in [6, 6.07) is 13.6. The van der Waals surface area contributed by atoms with Gasteiger partial charge in [-0.25, -0.2) is 0 Å². The van der Waals surface area contributed by atoms with Crippen LogP contribution in [-0.4, -0.2) is 49.9 Å². The van der Waals surface area contributed by atoms with Crippen LogP contribution in [0.1, 0.15) is 27.9 Å². The summed E-state index contributed by atoms with van der Waals surface area (Å²) in [4.78, 5) is 27.7. The summed E-state index contributed by atoms with van der Waals surface area (Å²) in [5, 5.41) is 0. The van der Waals surface area contributed by atoms with Gasteiger partial charge >= 0.3 is 0 Å². The number of hydrogen-bond acceptors (Lipinski definition) is 4. The number of rotatable bonds is 6. The molecule has 0 spiro atoms. The second-order valence-electron chi connectivity index (χ2n) is 6.89. The highest BCUT2D eigenvalue weighted by atomic mass is 16.5. The maximum Gasteiger partial charge on any atom is 0.226 e. The number of carbonyl (C=O) groups excluding carboxylic acids is 2. The minimum Gasteiger partial charge on any atom is -0.493 e. The van der Waals surface area contributed by atoms with E-state index in [1.54, 1.807) is 0 Å². The fourth-order valence-electron chi connectivity index (χ4n) is 3.42. The largest absolute Gasteiger partial charge is 0.493 e. The number of ether oxygens (including phenoxy) is 1. The fraction of sp³-hybridized carbons (Fsp3) is 0.364. The fourth-order valence-corrected chi connectivity index (χ4v) is 3.42. The number of amides is 1. The molecule has 0 atom stereocenters. The van der Waals surface area contributed by atoms with Gasteiger partial charge in [0.05, 0.1) is 13.0 Å². The highest BCUT2D eigenvalue weighted by Gasteiger charge is 2.22. The van der Waals surface area contributed by atoms with E-state index in [0.29, 0.717) is 26.1 Å². The number of para-hydroxylation sites is 1. The third-order valence-electron chi connectivity index (χ3n) is 5.01. The predicted octanol–water partition coefficient (Wildman–Crippen LogP) is 3.23. The smallest absolute Gasteiger partial charge is 0.226 e. The third-order valence-corrected chi connectivity index (χ3v) is 5.01. The van der Waals surface area contributed by atoms with Gasteiger partial charge in [-0.1, -0.05) is 18.2 Å². The van der Waals surface area contributed by atoms with Crippen molar-refractivity contribution >= 4 is 17.9 Å². The summed E-state index contributed by atoms with van der Waals surface area (Å²) in [5.74, 6) is 0.925. The Hall–Kier alpha value is -2.82. The molecule has 1 heterocycles. The van der Waals surface area contributed by atoms with Gasteiger partial charge in [0.25, 0.3) is 0 Å². The molecule has 5 nitrogen and oxygen atoms in total. The van der Waals surface area contributed by atoms with Crippen molar-refractivity contribution in [1.82, 2.24) is 4.90 Å². The van der Waals surface area contributed by atoms with E-state index in [1.165, 1.54) is 0 Å². The minimum absolute atomic E-state index is 0.134. The Balaban J connectivity index is 1.50. The minimum atomic E-state index is 0.134. The number of carbonyl (C=O) groups is 2. The standard InChI is InChI=1S/C22H26N2O3/c1-17-15-21(18(2)14-19(17)16-25)23-9-11-24(12-10-23)22(26)8-13-27-20-6-4-3-5-7-20/h3-7,14-16H,8-13H2,1-2H3. The van der Waals surface area contributed by atoms with E-state index in [4.69, 9.17) is 4.74 Å². The van der Waals surface area contributed by atoms with Crippen LogP contribution in [0.25, 0.3) is 0 Å². The molecule has 2 aromatic rings. The molecule has 0 aromatic heterocycles. The van der Waals surface area contributed by atoms with Crippen molar-refractivity contribution in [3.05, 3.63) is 59.2 Å². The van der Waals surface area contributed by atoms with Gasteiger partial charge in [0.2, 0.25) is 5.91 Å². The van der Waals surface area contributed by atoms with Gasteiger partial charge in [0.1, 0.15) is 12.0 Å². The van der Waals surface area contributed by atoms with Crippen molar-refractivity contribution in [3.63, 3.8) is 0 Å². The number of hydrogen-bond donors (Lipinski definition) is 0. The van der Waals surface area contributed by atoms with Crippen molar-refractivity contribution in [1.29, 1.82) is 0 Å². The summed E-state index contributed by atoms with van der Waals surface area (Å²) >= 11 is 0. The molecule has 0 saturated carbocycles. The second kappa shape index (κ2) is 8.71. The molecule has 0 unspecified atom stereocenters. The van der Waals surface area contributed by atoms with E-state index in [2.05, 4.69) is 11.0 Å². The van der Waals surface area contributed by atoms with Gasteiger partial charge < -0.3 is 14.5 Å². The van der Waals surface area contributed by atoms with E-state index in [0.717, 1.165) is 47.5 Å². The first kappa shape index (κ1) is 19.0. The van der Waals surface area contributed by atoms with Crippen molar-refractivity contribution in [2.45, 2.75) is 20.3 Å². The molecule has 1 aliphatic rings. The van der Waals surface area contributed by atoms with Gasteiger partial charge in [-0.05, 0) is 49.2 Å². The topological polar surface area (TPSA) is 49.9 Å². The van der Waals surface area contributed by atoms with Crippen LogP contribution in [0.4, 0.5) is 5.69 Å². The van der Waals surface area contributed by atoms with Crippen molar-refractivity contribution in [2.75, 3.05) is 37.7 Å². The lowest BCUT2D eigenvalue weighted by atomic mass is 10.0. The number of piperazine rings is 1. The summed E-state index contributed by atoms with van der Waals surface area (Å²) in [6.45, 7) is 7.39. The molecule has 2 aromatic carbocycles. The predicted molar refractivity (Wildman–Crippen MR) is 107 cm³/mol. The average molecular weight is 366 g/mol. The lowest BCUT2D eigenvalue weighted by molar-refractivity contribution is -0.132. The van der Waals surface area contributed by atoms with Gasteiger partial charge in [-0.3, -0.25) is 9.59 Å². The molecular formula is C22H26N2O3. The molecule has 1 amide bonds. The van der Waals surface area contributed by atoms with Gasteiger partial charge in [0, 0.05) is 37.4 Å². The summed E-state index contributed by atoms with van der Waals surface area (Å²) in [6.07, 6.45) is 1.29. The Morgan fingerprint density at radius 3 is 2.41 bits per heavy atom. The molecule has 27 heavy (non-hydrogen) atoms. The van der Waals surface area contributed by atoms with Crippen molar-refractivity contribution in [3.8, 4) is 5.75 Å². The van der Waals surface area contributed by atoms with Crippen LogP contribution < -0.4 is 9.64 Å². The molecule has 1 fully saturated rings. The van der Waals surface area contributed by atoms with Crippen LogP contribution in [0.2, 0.25) is 0 Å². The van der Waals surface area contributed by atoms with Crippen LogP contribution in [0.3, 0.4) is 0 Å². The highest BCUT2D eigenvalue weighted by molar-refractivity contribution is 5.80. The van der Waals surface area contributed by atoms with E-state index in [-0.39, 0.29) is 5.91 Å². The van der Waals surface area contributed by atoms with Crippen molar-refractivity contribution in [2.24, 2.45) is 0 Å². The number of nitrogens with zero attached hydrogens (tertiary/aromatic N) is 2. The van der Waals surface area contributed by atoms with Crippen LogP contribution in [0, 0.1) is 13.8 Å². The Morgan fingerprint density at radius 2 is 1.74 bits per heavy atom. The molecule has 0 N–H and O–H groups in total. The maximum absolute atomic E-state index is 12.4. The van der Waals surface area contributed by atoms with E-state index in [9.17, 15) is 9.59 Å². The third kappa shape index (κ3) is 4.67. The van der Waals surface area contributed by atoms with Crippen LogP contribution in [0.15, 0.2) is 42.5 Å². The summed E-state index contributed by atoms with van der Waals surface area (Å²) in [5.41, 5.74) is 3.97. The van der Waals surface area contributed by atoms with E-state index in [1.807, 2.05) is 55.1 Å². The molecular weight excluding hydrogens is 340 g/mol. The number of aryl methyl sites for hydroxylation is 2. The number of anilines is 1. The van der Waals surface area contributed by atoms with Crippen LogP contribution in [-0.2, 0) is 4.79 Å². The molecule has 5 heteroatoms. The lowest BCUT2D eigenvalue weighted by Crippen LogP contribution is -2.49. The molecule has 0 bridgehead atoms. The molecule has 0 aliphatic carbocycles. The first-order chi connectivity index (χ1) is 13.1. The normalized spacial score (nSPS) is 14.1. The second-order valence-corrected chi connectivity index (χ2v) is 6.89. The zero-order chi connectivity index (χ0) is 19.2. The van der Waals surface area contributed by atoms with E-state index >= 15 is 0 Å². The summed E-state index contributed by atoms with van der Waals surface area (Å²) in [7, 11) is 0.